The molecule has 0 bridgehead atoms. The maximum Gasteiger partial charge on any atom is 0.227 e. The summed E-state index contributed by atoms with van der Waals surface area (Å²) < 4.78 is 0. The lowest BCUT2D eigenvalue weighted by molar-refractivity contribution is -0.131. The fraction of sp³-hybridized carbons (Fsp3) is 0.364. The van der Waals surface area contributed by atoms with Crippen molar-refractivity contribution in [3.8, 4) is 5.75 Å². The van der Waals surface area contributed by atoms with Crippen LogP contribution in [0.1, 0.15) is 18.1 Å². The maximum atomic E-state index is 12.6. The van der Waals surface area contributed by atoms with Crippen LogP contribution in [0.15, 0.2) is 53.5 Å². The second kappa shape index (κ2) is 10.2. The Balaban J connectivity index is 1.55. The van der Waals surface area contributed by atoms with Crippen LogP contribution < -0.4 is 5.32 Å². The quantitative estimate of drug-likeness (QED) is 0.583. The van der Waals surface area contributed by atoms with Gasteiger partial charge in [-0.3, -0.25) is 4.79 Å². The van der Waals surface area contributed by atoms with Gasteiger partial charge >= 0.3 is 0 Å². The molecule has 1 saturated heterocycles. The van der Waals surface area contributed by atoms with Gasteiger partial charge in [-0.05, 0) is 42.3 Å². The van der Waals surface area contributed by atoms with E-state index in [1.165, 1.54) is 0 Å². The Morgan fingerprint density at radius 1 is 1.07 bits per heavy atom. The lowest BCUT2D eigenvalue weighted by Crippen LogP contribution is -2.54. The van der Waals surface area contributed by atoms with Crippen LogP contribution in [-0.2, 0) is 17.8 Å². The number of nitrogens with one attached hydrogen (secondary N) is 1. The van der Waals surface area contributed by atoms with Gasteiger partial charge in [0, 0.05) is 37.7 Å². The summed E-state index contributed by atoms with van der Waals surface area (Å²) in [4.78, 5) is 21.4. The second-order valence-corrected chi connectivity index (χ2v) is 7.45. The van der Waals surface area contributed by atoms with Crippen molar-refractivity contribution in [2.75, 3.05) is 32.7 Å². The summed E-state index contributed by atoms with van der Waals surface area (Å²) in [6.45, 7) is 6.18. The van der Waals surface area contributed by atoms with Gasteiger partial charge in [-0.25, -0.2) is 4.99 Å². The summed E-state index contributed by atoms with van der Waals surface area (Å²) in [5.74, 6) is 1.23. The fourth-order valence-corrected chi connectivity index (χ4v) is 3.51. The summed E-state index contributed by atoms with van der Waals surface area (Å²) in [6.07, 6.45) is 0.371. The number of halogens is 1. The number of aromatic hydroxyl groups is 1. The van der Waals surface area contributed by atoms with Crippen LogP contribution in [0.25, 0.3) is 0 Å². The number of benzene rings is 2. The number of aliphatic imine (C=N–C) groups is 1. The second-order valence-electron chi connectivity index (χ2n) is 7.01. The highest BCUT2D eigenvalue weighted by atomic mass is 35.5. The monoisotopic (exact) mass is 414 g/mol. The topological polar surface area (TPSA) is 68.2 Å². The first-order valence-electron chi connectivity index (χ1n) is 9.88. The number of rotatable bonds is 5. The van der Waals surface area contributed by atoms with E-state index in [-0.39, 0.29) is 11.7 Å². The minimum atomic E-state index is 0.123. The third kappa shape index (κ3) is 6.12. The average Bonchev–Trinajstić information content (AvgIpc) is 2.72. The Labute approximate surface area is 176 Å². The first kappa shape index (κ1) is 21.0. The molecule has 1 aliphatic rings. The van der Waals surface area contributed by atoms with Gasteiger partial charge in [0.25, 0.3) is 0 Å². The minimum Gasteiger partial charge on any atom is -0.508 e. The van der Waals surface area contributed by atoms with Crippen molar-refractivity contribution in [3.05, 3.63) is 64.7 Å². The SMILES string of the molecule is CCNC(=NCc1ccc(O)cc1)N1CCN(C(=O)Cc2cccc(Cl)c2)CC1. The number of hydrogen-bond acceptors (Lipinski definition) is 3. The van der Waals surface area contributed by atoms with Gasteiger partial charge < -0.3 is 20.2 Å². The number of carbonyl (C=O) groups is 1. The number of amides is 1. The first-order valence-corrected chi connectivity index (χ1v) is 10.3. The fourth-order valence-electron chi connectivity index (χ4n) is 3.29. The van der Waals surface area contributed by atoms with Crippen LogP contribution in [-0.4, -0.2) is 59.5 Å². The number of phenolic OH excluding ortho intramolecular Hbond substituents is 1. The molecular weight excluding hydrogens is 388 g/mol. The van der Waals surface area contributed by atoms with Crippen molar-refractivity contribution >= 4 is 23.5 Å². The molecule has 2 aromatic rings. The van der Waals surface area contributed by atoms with Crippen molar-refractivity contribution in [1.29, 1.82) is 0 Å². The van der Waals surface area contributed by atoms with Crippen molar-refractivity contribution in [2.24, 2.45) is 4.99 Å². The summed E-state index contributed by atoms with van der Waals surface area (Å²) in [6, 6.07) is 14.5. The number of guanidine groups is 1. The normalized spacial score (nSPS) is 14.8. The van der Waals surface area contributed by atoms with E-state index in [1.807, 2.05) is 48.2 Å². The van der Waals surface area contributed by atoms with E-state index >= 15 is 0 Å². The van der Waals surface area contributed by atoms with Crippen LogP contribution in [0.5, 0.6) is 5.75 Å². The van der Waals surface area contributed by atoms with E-state index in [2.05, 4.69) is 10.2 Å². The Bertz CT molecular complexity index is 846. The molecule has 6 nitrogen and oxygen atoms in total. The Morgan fingerprint density at radius 2 is 1.76 bits per heavy atom. The predicted octanol–water partition coefficient (Wildman–Crippen LogP) is 2.90. The molecule has 29 heavy (non-hydrogen) atoms. The standard InChI is InChI=1S/C22H27ClN4O2/c1-2-24-22(25-16-17-6-8-20(28)9-7-17)27-12-10-26(11-13-27)21(29)15-18-4-3-5-19(23)14-18/h3-9,14,28H,2,10-13,15-16H2,1H3,(H,24,25). The molecule has 0 unspecified atom stereocenters. The molecule has 1 fully saturated rings. The van der Waals surface area contributed by atoms with Gasteiger partial charge in [-0.1, -0.05) is 35.9 Å². The summed E-state index contributed by atoms with van der Waals surface area (Å²) >= 11 is 6.02. The van der Waals surface area contributed by atoms with Crippen LogP contribution in [0, 0.1) is 0 Å². The van der Waals surface area contributed by atoms with Gasteiger partial charge in [0.15, 0.2) is 5.96 Å². The number of piperazine rings is 1. The Hall–Kier alpha value is -2.73. The average molecular weight is 415 g/mol. The highest BCUT2D eigenvalue weighted by molar-refractivity contribution is 6.30. The summed E-state index contributed by atoms with van der Waals surface area (Å²) in [7, 11) is 0. The molecule has 0 radical (unpaired) electrons. The molecule has 0 aromatic heterocycles. The third-order valence-corrected chi connectivity index (χ3v) is 5.09. The van der Waals surface area contributed by atoms with E-state index in [0.29, 0.717) is 31.1 Å². The molecule has 2 aromatic carbocycles. The van der Waals surface area contributed by atoms with Crippen LogP contribution in [0.2, 0.25) is 5.02 Å². The molecule has 0 saturated carbocycles. The zero-order chi connectivity index (χ0) is 20.6. The van der Waals surface area contributed by atoms with Gasteiger partial charge in [-0.15, -0.1) is 0 Å². The minimum absolute atomic E-state index is 0.123. The third-order valence-electron chi connectivity index (χ3n) is 4.86. The van der Waals surface area contributed by atoms with E-state index in [0.717, 1.165) is 36.7 Å². The zero-order valence-electron chi connectivity index (χ0n) is 16.6. The van der Waals surface area contributed by atoms with Gasteiger partial charge in [0.1, 0.15) is 5.75 Å². The number of hydrogen-bond donors (Lipinski definition) is 2. The summed E-state index contributed by atoms with van der Waals surface area (Å²) in [5.41, 5.74) is 1.97. The van der Waals surface area contributed by atoms with E-state index in [1.54, 1.807) is 12.1 Å². The summed E-state index contributed by atoms with van der Waals surface area (Å²) in [5, 5.41) is 13.4. The smallest absolute Gasteiger partial charge is 0.227 e. The van der Waals surface area contributed by atoms with Gasteiger partial charge in [0.2, 0.25) is 5.91 Å². The molecule has 3 rings (SSSR count). The molecule has 154 valence electrons. The van der Waals surface area contributed by atoms with Crippen molar-refractivity contribution < 1.29 is 9.90 Å². The molecule has 0 aliphatic carbocycles. The first-order chi connectivity index (χ1) is 14.0. The Morgan fingerprint density at radius 3 is 2.41 bits per heavy atom. The molecule has 2 N–H and O–H groups in total. The largest absolute Gasteiger partial charge is 0.508 e. The van der Waals surface area contributed by atoms with Crippen molar-refractivity contribution in [3.63, 3.8) is 0 Å². The van der Waals surface area contributed by atoms with Crippen molar-refractivity contribution in [2.45, 2.75) is 19.9 Å². The van der Waals surface area contributed by atoms with Crippen LogP contribution in [0.4, 0.5) is 0 Å². The Kier molecular flexibility index (Phi) is 7.36. The molecular formula is C22H27ClN4O2. The van der Waals surface area contributed by atoms with Gasteiger partial charge in [-0.2, -0.15) is 0 Å². The number of nitrogens with zero attached hydrogens (tertiary/aromatic N) is 3. The van der Waals surface area contributed by atoms with Crippen LogP contribution >= 0.6 is 11.6 Å². The lowest BCUT2D eigenvalue weighted by Gasteiger charge is -2.36. The predicted molar refractivity (Wildman–Crippen MR) is 116 cm³/mol. The number of carbonyl (C=O) groups excluding carboxylic acids is 1. The van der Waals surface area contributed by atoms with E-state index < -0.39 is 0 Å². The zero-order valence-corrected chi connectivity index (χ0v) is 17.4. The molecule has 7 heteroatoms. The van der Waals surface area contributed by atoms with Gasteiger partial charge in [0.05, 0.1) is 13.0 Å². The molecule has 1 aliphatic heterocycles. The van der Waals surface area contributed by atoms with E-state index in [9.17, 15) is 9.90 Å². The van der Waals surface area contributed by atoms with Crippen molar-refractivity contribution in [1.82, 2.24) is 15.1 Å². The molecule has 1 amide bonds. The lowest BCUT2D eigenvalue weighted by atomic mass is 10.1. The highest BCUT2D eigenvalue weighted by Crippen LogP contribution is 2.14. The number of phenols is 1. The molecule has 1 heterocycles. The van der Waals surface area contributed by atoms with Crippen LogP contribution in [0.3, 0.4) is 0 Å². The maximum absolute atomic E-state index is 12.6. The van der Waals surface area contributed by atoms with E-state index in [4.69, 9.17) is 16.6 Å². The molecule has 0 atom stereocenters. The highest BCUT2D eigenvalue weighted by Gasteiger charge is 2.23. The molecule has 0 spiro atoms.